The van der Waals surface area contributed by atoms with Crippen LogP contribution in [0.4, 0.5) is 17.2 Å². The highest BCUT2D eigenvalue weighted by Crippen LogP contribution is 2.26. The van der Waals surface area contributed by atoms with Crippen LogP contribution < -0.4 is 16.4 Å². The van der Waals surface area contributed by atoms with E-state index in [4.69, 9.17) is 5.73 Å². The lowest BCUT2D eigenvalue weighted by atomic mass is 10.1. The molecule has 7 heteroatoms. The molecule has 0 radical (unpaired) electrons. The minimum atomic E-state index is -0.143. The van der Waals surface area contributed by atoms with Gasteiger partial charge in [0.2, 0.25) is 0 Å². The molecule has 2 aromatic rings. The van der Waals surface area contributed by atoms with Crippen LogP contribution in [-0.2, 0) is 6.42 Å². The Kier molecular flexibility index (Phi) is 3.66. The SMILES string of the molecule is CSc1nc2c(c(Nc3cccc(N)c3)n1)C(=O)NCC2. The number of benzene rings is 1. The average molecular weight is 301 g/mol. The van der Waals surface area contributed by atoms with Crippen LogP contribution in [0.3, 0.4) is 0 Å². The van der Waals surface area contributed by atoms with Crippen molar-refractivity contribution in [2.24, 2.45) is 0 Å². The Hall–Kier alpha value is -2.28. The Morgan fingerprint density at radius 2 is 2.24 bits per heavy atom. The number of thioether (sulfide) groups is 1. The average Bonchev–Trinajstić information content (AvgIpc) is 2.47. The minimum absolute atomic E-state index is 0.143. The molecule has 0 saturated heterocycles. The lowest BCUT2D eigenvalue weighted by molar-refractivity contribution is 0.0945. The van der Waals surface area contributed by atoms with Crippen molar-refractivity contribution in [3.8, 4) is 0 Å². The van der Waals surface area contributed by atoms with Gasteiger partial charge in [0, 0.05) is 24.3 Å². The summed E-state index contributed by atoms with van der Waals surface area (Å²) >= 11 is 1.45. The second-order valence-corrected chi connectivity index (χ2v) is 5.41. The molecule has 0 aliphatic carbocycles. The standard InChI is InChI=1S/C14H15N5OS/c1-21-14-18-10-5-6-16-13(20)11(10)12(19-14)17-9-4-2-3-8(15)7-9/h2-4,7H,5-6,15H2,1H3,(H,16,20)(H,17,18,19). The van der Waals surface area contributed by atoms with E-state index in [1.165, 1.54) is 11.8 Å². The second-order valence-electron chi connectivity index (χ2n) is 4.64. The van der Waals surface area contributed by atoms with Crippen LogP contribution in [0.25, 0.3) is 0 Å². The van der Waals surface area contributed by atoms with Gasteiger partial charge >= 0.3 is 0 Å². The number of carbonyl (C=O) groups excluding carboxylic acids is 1. The maximum atomic E-state index is 12.1. The minimum Gasteiger partial charge on any atom is -0.399 e. The molecule has 2 heterocycles. The van der Waals surface area contributed by atoms with E-state index in [2.05, 4.69) is 20.6 Å². The van der Waals surface area contributed by atoms with Crippen LogP contribution in [0.2, 0.25) is 0 Å². The van der Waals surface area contributed by atoms with Gasteiger partial charge in [-0.3, -0.25) is 4.79 Å². The Labute approximate surface area is 126 Å². The molecule has 0 spiro atoms. The van der Waals surface area contributed by atoms with Crippen molar-refractivity contribution in [3.05, 3.63) is 35.5 Å². The highest BCUT2D eigenvalue weighted by atomic mass is 32.2. The number of nitrogen functional groups attached to an aromatic ring is 1. The van der Waals surface area contributed by atoms with Crippen LogP contribution in [0.15, 0.2) is 29.4 Å². The van der Waals surface area contributed by atoms with Crippen LogP contribution in [0, 0.1) is 0 Å². The Balaban J connectivity index is 2.06. The van der Waals surface area contributed by atoms with E-state index >= 15 is 0 Å². The molecule has 3 rings (SSSR count). The zero-order valence-corrected chi connectivity index (χ0v) is 12.3. The molecule has 0 bridgehead atoms. The van der Waals surface area contributed by atoms with E-state index in [0.717, 1.165) is 11.4 Å². The van der Waals surface area contributed by atoms with Crippen molar-refractivity contribution in [1.29, 1.82) is 0 Å². The molecule has 6 nitrogen and oxygen atoms in total. The summed E-state index contributed by atoms with van der Waals surface area (Å²) in [6.07, 6.45) is 2.62. The number of nitrogens with two attached hydrogens (primary N) is 1. The first kappa shape index (κ1) is 13.7. The molecule has 1 aromatic heterocycles. The fourth-order valence-corrected chi connectivity index (χ4v) is 2.61. The number of carbonyl (C=O) groups is 1. The topological polar surface area (TPSA) is 92.9 Å². The maximum Gasteiger partial charge on any atom is 0.256 e. The molecule has 1 aromatic carbocycles. The monoisotopic (exact) mass is 301 g/mol. The largest absolute Gasteiger partial charge is 0.399 e. The number of anilines is 3. The smallest absolute Gasteiger partial charge is 0.256 e. The van der Waals surface area contributed by atoms with E-state index in [9.17, 15) is 4.79 Å². The van der Waals surface area contributed by atoms with Crippen LogP contribution in [-0.4, -0.2) is 28.7 Å². The van der Waals surface area contributed by atoms with Crippen molar-refractivity contribution >= 4 is 34.9 Å². The van der Waals surface area contributed by atoms with Gasteiger partial charge in [-0.15, -0.1) is 0 Å². The quantitative estimate of drug-likeness (QED) is 0.455. The molecule has 0 fully saturated rings. The van der Waals surface area contributed by atoms with Crippen molar-refractivity contribution in [2.75, 3.05) is 23.9 Å². The molecule has 0 unspecified atom stereocenters. The predicted molar refractivity (Wildman–Crippen MR) is 84.0 cm³/mol. The third-order valence-electron chi connectivity index (χ3n) is 3.17. The van der Waals surface area contributed by atoms with Gasteiger partial charge in [0.05, 0.1) is 5.69 Å². The summed E-state index contributed by atoms with van der Waals surface area (Å²) in [6, 6.07) is 7.33. The van der Waals surface area contributed by atoms with E-state index in [0.29, 0.717) is 35.2 Å². The van der Waals surface area contributed by atoms with Gasteiger partial charge in [-0.2, -0.15) is 0 Å². The van der Waals surface area contributed by atoms with Gasteiger partial charge in [-0.1, -0.05) is 17.8 Å². The lowest BCUT2D eigenvalue weighted by Crippen LogP contribution is -2.33. The van der Waals surface area contributed by atoms with Gasteiger partial charge in [0.1, 0.15) is 11.4 Å². The van der Waals surface area contributed by atoms with Crippen LogP contribution >= 0.6 is 11.8 Å². The first-order valence-corrected chi connectivity index (χ1v) is 7.75. The summed E-state index contributed by atoms with van der Waals surface area (Å²) in [5, 5.41) is 6.64. The van der Waals surface area contributed by atoms with Gasteiger partial charge in [0.15, 0.2) is 5.16 Å². The molecular weight excluding hydrogens is 286 g/mol. The third kappa shape index (κ3) is 2.78. The highest BCUT2D eigenvalue weighted by molar-refractivity contribution is 7.98. The Bertz CT molecular complexity index is 704. The van der Waals surface area contributed by atoms with Crippen molar-refractivity contribution in [2.45, 2.75) is 11.6 Å². The predicted octanol–water partition coefficient (Wildman–Crippen LogP) is 1.81. The Morgan fingerprint density at radius 1 is 1.38 bits per heavy atom. The van der Waals surface area contributed by atoms with Crippen molar-refractivity contribution in [3.63, 3.8) is 0 Å². The van der Waals surface area contributed by atoms with Crippen LogP contribution in [0.1, 0.15) is 16.1 Å². The summed E-state index contributed by atoms with van der Waals surface area (Å²) in [5.41, 5.74) is 8.52. The van der Waals surface area contributed by atoms with Crippen molar-refractivity contribution in [1.82, 2.24) is 15.3 Å². The fourth-order valence-electron chi connectivity index (χ4n) is 2.22. The van der Waals surface area contributed by atoms with Crippen molar-refractivity contribution < 1.29 is 4.79 Å². The Morgan fingerprint density at radius 3 is 3.00 bits per heavy atom. The molecule has 108 valence electrons. The fraction of sp³-hybridized carbons (Fsp3) is 0.214. The normalized spacial score (nSPS) is 13.5. The zero-order chi connectivity index (χ0) is 14.8. The number of fused-ring (bicyclic) bond motifs is 1. The molecule has 1 aliphatic heterocycles. The number of hydrogen-bond acceptors (Lipinski definition) is 6. The first-order valence-electron chi connectivity index (χ1n) is 6.53. The molecule has 4 N–H and O–H groups in total. The molecule has 1 amide bonds. The number of hydrogen-bond donors (Lipinski definition) is 3. The third-order valence-corrected chi connectivity index (χ3v) is 3.72. The number of amides is 1. The van der Waals surface area contributed by atoms with E-state index < -0.39 is 0 Å². The zero-order valence-electron chi connectivity index (χ0n) is 11.5. The highest BCUT2D eigenvalue weighted by Gasteiger charge is 2.24. The lowest BCUT2D eigenvalue weighted by Gasteiger charge is -2.19. The molecule has 0 saturated carbocycles. The first-order chi connectivity index (χ1) is 10.2. The molecule has 1 aliphatic rings. The number of rotatable bonds is 3. The molecule has 21 heavy (non-hydrogen) atoms. The maximum absolute atomic E-state index is 12.1. The van der Waals surface area contributed by atoms with E-state index in [1.807, 2.05) is 18.4 Å². The van der Waals surface area contributed by atoms with Gasteiger partial charge in [-0.05, 0) is 24.5 Å². The summed E-state index contributed by atoms with van der Waals surface area (Å²) < 4.78 is 0. The number of aromatic nitrogens is 2. The van der Waals surface area contributed by atoms with E-state index in [1.54, 1.807) is 12.1 Å². The summed E-state index contributed by atoms with van der Waals surface area (Å²) in [6.45, 7) is 0.606. The van der Waals surface area contributed by atoms with Gasteiger partial charge in [-0.25, -0.2) is 9.97 Å². The van der Waals surface area contributed by atoms with E-state index in [-0.39, 0.29) is 5.91 Å². The summed E-state index contributed by atoms with van der Waals surface area (Å²) in [5.74, 6) is 0.377. The summed E-state index contributed by atoms with van der Waals surface area (Å²) in [4.78, 5) is 20.9. The second kappa shape index (κ2) is 5.61. The van der Waals surface area contributed by atoms with Gasteiger partial charge < -0.3 is 16.4 Å². The number of nitrogens with one attached hydrogen (secondary N) is 2. The van der Waals surface area contributed by atoms with Gasteiger partial charge in [0.25, 0.3) is 5.91 Å². The summed E-state index contributed by atoms with van der Waals surface area (Å²) in [7, 11) is 0. The molecule has 0 atom stereocenters. The van der Waals surface area contributed by atoms with Crippen LogP contribution in [0.5, 0.6) is 0 Å². The molecular formula is C14H15N5OS. The number of nitrogens with zero attached hydrogens (tertiary/aromatic N) is 2.